The van der Waals surface area contributed by atoms with E-state index in [-0.39, 0.29) is 29.1 Å². The molecule has 3 aromatic rings. The maximum absolute atomic E-state index is 14.0. The van der Waals surface area contributed by atoms with Gasteiger partial charge in [-0.15, -0.1) is 0 Å². The van der Waals surface area contributed by atoms with Crippen LogP contribution >= 0.6 is 15.9 Å². The molecule has 8 heteroatoms. The van der Waals surface area contributed by atoms with Crippen LogP contribution in [-0.4, -0.2) is 35.6 Å². The number of rotatable bonds is 6. The number of hydrogen-bond acceptors (Lipinski definition) is 4. The number of aliphatic hydroxyl groups is 2. The topological polar surface area (TPSA) is 78.8 Å². The third-order valence-corrected chi connectivity index (χ3v) is 6.16. The minimum atomic E-state index is -1.68. The summed E-state index contributed by atoms with van der Waals surface area (Å²) in [5.41, 5.74) is 4.03. The van der Waals surface area contributed by atoms with Gasteiger partial charge in [-0.2, -0.15) is 0 Å². The van der Waals surface area contributed by atoms with E-state index in [2.05, 4.69) is 21.2 Å². The summed E-state index contributed by atoms with van der Waals surface area (Å²) in [6.45, 7) is -0.294. The number of fused-ring (bicyclic) bond motifs is 3. The number of alkyl carbamates (subject to hydrolysis) is 1. The molecule has 3 N–H and O–H groups in total. The Morgan fingerprint density at radius 1 is 1.03 bits per heavy atom. The Hall–Kier alpha value is -2.81. The third kappa shape index (κ3) is 4.39. The summed E-state index contributed by atoms with van der Waals surface area (Å²) in [7, 11) is 0. The van der Waals surface area contributed by atoms with Crippen LogP contribution < -0.4 is 5.32 Å². The Balaban J connectivity index is 1.36. The van der Waals surface area contributed by atoms with Crippen molar-refractivity contribution in [1.29, 1.82) is 0 Å². The van der Waals surface area contributed by atoms with Crippen LogP contribution in [0.4, 0.5) is 13.6 Å². The maximum Gasteiger partial charge on any atom is 0.407 e. The summed E-state index contributed by atoms with van der Waals surface area (Å²) in [6, 6.07) is 17.4. The van der Waals surface area contributed by atoms with Gasteiger partial charge in [0, 0.05) is 28.6 Å². The van der Waals surface area contributed by atoms with Crippen LogP contribution in [0.1, 0.15) is 28.7 Å². The fraction of sp³-hybridized carbons (Fsp3) is 0.208. The van der Waals surface area contributed by atoms with E-state index in [1.54, 1.807) is 0 Å². The molecule has 0 bridgehead atoms. The smallest absolute Gasteiger partial charge is 0.407 e. The fourth-order valence-corrected chi connectivity index (χ4v) is 4.62. The van der Waals surface area contributed by atoms with Crippen molar-refractivity contribution in [2.24, 2.45) is 0 Å². The van der Waals surface area contributed by atoms with E-state index < -0.39 is 29.9 Å². The number of amides is 1. The molecule has 0 saturated carbocycles. The highest BCUT2D eigenvalue weighted by Gasteiger charge is 2.29. The van der Waals surface area contributed by atoms with Gasteiger partial charge in [-0.3, -0.25) is 0 Å². The van der Waals surface area contributed by atoms with Crippen LogP contribution in [0, 0.1) is 11.6 Å². The molecular formula is C24H20BrF2NO4. The molecule has 0 radical (unpaired) electrons. The van der Waals surface area contributed by atoms with Crippen molar-refractivity contribution in [2.75, 3.05) is 13.2 Å². The lowest BCUT2D eigenvalue weighted by molar-refractivity contribution is 0.0160. The number of ether oxygens (including phenoxy) is 1. The monoisotopic (exact) mass is 503 g/mol. The molecule has 5 nitrogen and oxygen atoms in total. The predicted octanol–water partition coefficient (Wildman–Crippen LogP) is 4.66. The highest BCUT2D eigenvalue weighted by molar-refractivity contribution is 9.10. The lowest BCUT2D eigenvalue weighted by Crippen LogP contribution is -2.36. The van der Waals surface area contributed by atoms with Crippen LogP contribution in [0.3, 0.4) is 0 Å². The van der Waals surface area contributed by atoms with Crippen LogP contribution in [0.2, 0.25) is 0 Å². The number of hydrogen-bond donors (Lipinski definition) is 3. The largest absolute Gasteiger partial charge is 0.449 e. The van der Waals surface area contributed by atoms with Crippen molar-refractivity contribution in [1.82, 2.24) is 5.32 Å². The second-order valence-corrected chi connectivity index (χ2v) is 8.36. The van der Waals surface area contributed by atoms with Gasteiger partial charge in [0.25, 0.3) is 0 Å². The van der Waals surface area contributed by atoms with E-state index in [0.29, 0.717) is 6.07 Å². The van der Waals surface area contributed by atoms with Crippen molar-refractivity contribution in [2.45, 2.75) is 18.1 Å². The normalized spacial score (nSPS) is 14.4. The Morgan fingerprint density at radius 3 is 2.22 bits per heavy atom. The molecule has 0 heterocycles. The van der Waals surface area contributed by atoms with E-state index in [1.807, 2.05) is 48.5 Å². The van der Waals surface area contributed by atoms with Gasteiger partial charge in [0.1, 0.15) is 30.4 Å². The van der Waals surface area contributed by atoms with Gasteiger partial charge in [-0.25, -0.2) is 13.6 Å². The molecule has 1 aliphatic rings. The minimum Gasteiger partial charge on any atom is -0.449 e. The van der Waals surface area contributed by atoms with Crippen molar-refractivity contribution in [3.8, 4) is 11.1 Å². The molecule has 0 fully saturated rings. The Bertz CT molecular complexity index is 1090. The first-order valence-corrected chi connectivity index (χ1v) is 10.8. The molecule has 166 valence electrons. The van der Waals surface area contributed by atoms with Crippen LogP contribution in [0.25, 0.3) is 11.1 Å². The number of carbonyl (C=O) groups is 1. The average molecular weight is 504 g/mol. The molecular weight excluding hydrogens is 484 g/mol. The van der Waals surface area contributed by atoms with E-state index in [1.165, 1.54) is 0 Å². The second kappa shape index (κ2) is 9.36. The lowest BCUT2D eigenvalue weighted by atomic mass is 9.98. The highest BCUT2D eigenvalue weighted by atomic mass is 79.9. The zero-order valence-electron chi connectivity index (χ0n) is 16.8. The lowest BCUT2D eigenvalue weighted by Gasteiger charge is -2.20. The van der Waals surface area contributed by atoms with Crippen molar-refractivity contribution < 1.29 is 28.5 Å². The summed E-state index contributed by atoms with van der Waals surface area (Å²) < 4.78 is 32.6. The van der Waals surface area contributed by atoms with Gasteiger partial charge >= 0.3 is 6.09 Å². The van der Waals surface area contributed by atoms with Crippen LogP contribution in [-0.2, 0) is 4.74 Å². The van der Waals surface area contributed by atoms with E-state index in [9.17, 15) is 23.8 Å². The molecule has 0 spiro atoms. The summed E-state index contributed by atoms with van der Waals surface area (Å²) in [5, 5.41) is 22.8. The molecule has 2 unspecified atom stereocenters. The summed E-state index contributed by atoms with van der Waals surface area (Å²) in [4.78, 5) is 12.2. The number of halogens is 3. The first kappa shape index (κ1) is 22.4. The van der Waals surface area contributed by atoms with E-state index in [4.69, 9.17) is 4.74 Å². The number of carbonyl (C=O) groups excluding carboxylic acids is 1. The maximum atomic E-state index is 14.0. The number of aliphatic hydroxyl groups excluding tert-OH is 2. The zero-order valence-corrected chi connectivity index (χ0v) is 18.4. The van der Waals surface area contributed by atoms with Crippen LogP contribution in [0.5, 0.6) is 0 Å². The molecule has 2 atom stereocenters. The van der Waals surface area contributed by atoms with Gasteiger partial charge in [0.15, 0.2) is 0 Å². The van der Waals surface area contributed by atoms with Gasteiger partial charge < -0.3 is 20.3 Å². The molecule has 1 amide bonds. The molecule has 0 aromatic heterocycles. The third-order valence-electron chi connectivity index (χ3n) is 5.50. The first-order chi connectivity index (χ1) is 15.4. The highest BCUT2D eigenvalue weighted by Crippen LogP contribution is 2.44. The van der Waals surface area contributed by atoms with Crippen LogP contribution in [0.15, 0.2) is 65.1 Å². The number of nitrogens with one attached hydrogen (secondary N) is 1. The Kier molecular flexibility index (Phi) is 6.55. The predicted molar refractivity (Wildman–Crippen MR) is 118 cm³/mol. The zero-order chi connectivity index (χ0) is 22.8. The van der Waals surface area contributed by atoms with Crippen molar-refractivity contribution in [3.05, 3.63) is 93.5 Å². The van der Waals surface area contributed by atoms with Gasteiger partial charge in [-0.1, -0.05) is 64.5 Å². The first-order valence-electron chi connectivity index (χ1n) is 9.96. The van der Waals surface area contributed by atoms with E-state index >= 15 is 0 Å². The molecule has 1 aliphatic carbocycles. The Labute approximate surface area is 191 Å². The molecule has 4 rings (SSSR count). The fourth-order valence-electron chi connectivity index (χ4n) is 3.98. The van der Waals surface area contributed by atoms with Crippen molar-refractivity contribution in [3.63, 3.8) is 0 Å². The van der Waals surface area contributed by atoms with Crippen molar-refractivity contribution >= 4 is 22.0 Å². The average Bonchev–Trinajstić information content (AvgIpc) is 3.09. The molecule has 32 heavy (non-hydrogen) atoms. The van der Waals surface area contributed by atoms with Gasteiger partial charge in [-0.05, 0) is 28.3 Å². The van der Waals surface area contributed by atoms with E-state index in [0.717, 1.165) is 28.3 Å². The quantitative estimate of drug-likeness (QED) is 0.457. The summed E-state index contributed by atoms with van der Waals surface area (Å²) >= 11 is 2.97. The Morgan fingerprint density at radius 2 is 1.62 bits per heavy atom. The second-order valence-electron chi connectivity index (χ2n) is 7.50. The minimum absolute atomic E-state index is 0.0253. The van der Waals surface area contributed by atoms with Gasteiger partial charge in [0.05, 0.1) is 0 Å². The number of benzene rings is 3. The standard InChI is InChI=1S/C24H20BrF2NO4/c25-19-9-13(26)10-20(27)22(19)23(30)21(29)11-28-24(31)32-12-18-16-7-3-1-5-14(16)15-6-2-4-8-17(15)18/h1-10,18,21,23,29-30H,11-12H2,(H,28,31). The molecule has 0 saturated heterocycles. The summed E-state index contributed by atoms with van der Waals surface area (Å²) in [5.74, 6) is -1.95. The SMILES string of the molecule is O=C(NCC(O)C(O)c1c(F)cc(F)cc1Br)OCC1c2ccccc2-c2ccccc21. The van der Waals surface area contributed by atoms with Gasteiger partial charge in [0.2, 0.25) is 0 Å². The molecule has 3 aromatic carbocycles. The summed E-state index contributed by atoms with van der Waals surface area (Å²) in [6.07, 6.45) is -4.00. The molecule has 0 aliphatic heterocycles.